The van der Waals surface area contributed by atoms with E-state index in [1.54, 1.807) is 6.20 Å². The third-order valence-corrected chi connectivity index (χ3v) is 3.23. The second-order valence-corrected chi connectivity index (χ2v) is 4.38. The number of nitrogens with one attached hydrogen (secondary N) is 1. The van der Waals surface area contributed by atoms with Crippen LogP contribution in [0.25, 0.3) is 0 Å². The van der Waals surface area contributed by atoms with Gasteiger partial charge >= 0.3 is 0 Å². The zero-order chi connectivity index (χ0) is 11.5. The Morgan fingerprint density at radius 1 is 1.24 bits per heavy atom. The number of rotatable bonds is 3. The van der Waals surface area contributed by atoms with Crippen LogP contribution in [0.15, 0.2) is 42.9 Å². The molecule has 17 heavy (non-hydrogen) atoms. The Bertz CT molecular complexity index is 496. The van der Waals surface area contributed by atoms with Crippen molar-refractivity contribution in [1.82, 2.24) is 15.3 Å². The van der Waals surface area contributed by atoms with E-state index in [0.717, 1.165) is 19.4 Å². The van der Waals surface area contributed by atoms with Gasteiger partial charge in [0.25, 0.3) is 0 Å². The van der Waals surface area contributed by atoms with Crippen molar-refractivity contribution in [2.24, 2.45) is 0 Å². The third-order valence-electron chi connectivity index (χ3n) is 3.23. The van der Waals surface area contributed by atoms with Crippen LogP contribution < -0.4 is 5.32 Å². The highest BCUT2D eigenvalue weighted by atomic mass is 14.9. The second kappa shape index (κ2) is 4.63. The van der Waals surface area contributed by atoms with E-state index in [9.17, 15) is 0 Å². The number of aryl methyl sites for hydroxylation is 1. The van der Waals surface area contributed by atoms with Gasteiger partial charge in [0.05, 0.1) is 11.7 Å². The molecule has 86 valence electrons. The zero-order valence-corrected chi connectivity index (χ0v) is 9.63. The lowest BCUT2D eigenvalue weighted by atomic mass is 10.2. The largest absolute Gasteiger partial charge is 0.304 e. The molecule has 0 aromatic carbocycles. The fourth-order valence-corrected chi connectivity index (χ4v) is 2.36. The molecule has 0 amide bonds. The summed E-state index contributed by atoms with van der Waals surface area (Å²) in [5.74, 6) is 0. The summed E-state index contributed by atoms with van der Waals surface area (Å²) in [5, 5.41) is 3.55. The normalized spacial score (nSPS) is 18.0. The van der Waals surface area contributed by atoms with Crippen LogP contribution in [0.4, 0.5) is 0 Å². The summed E-state index contributed by atoms with van der Waals surface area (Å²) >= 11 is 0. The minimum Gasteiger partial charge on any atom is -0.304 e. The minimum absolute atomic E-state index is 0.395. The number of hydrogen-bond donors (Lipinski definition) is 1. The number of hydrogen-bond acceptors (Lipinski definition) is 3. The lowest BCUT2D eigenvalue weighted by molar-refractivity contribution is 0.520. The first-order chi connectivity index (χ1) is 8.43. The van der Waals surface area contributed by atoms with E-state index in [1.165, 1.54) is 16.8 Å². The molecule has 0 fully saturated rings. The van der Waals surface area contributed by atoms with E-state index in [4.69, 9.17) is 0 Å². The maximum Gasteiger partial charge on any atom is 0.0605 e. The number of fused-ring (bicyclic) bond motifs is 1. The molecule has 0 radical (unpaired) electrons. The van der Waals surface area contributed by atoms with E-state index in [2.05, 4.69) is 27.4 Å². The highest BCUT2D eigenvalue weighted by Crippen LogP contribution is 2.28. The Labute approximate surface area is 101 Å². The predicted octanol–water partition coefficient (Wildman–Crippen LogP) is 2.25. The Morgan fingerprint density at radius 2 is 2.18 bits per heavy atom. The highest BCUT2D eigenvalue weighted by molar-refractivity contribution is 5.28. The molecule has 2 aromatic rings. The minimum atomic E-state index is 0.395. The number of aromatic nitrogens is 2. The van der Waals surface area contributed by atoms with Gasteiger partial charge < -0.3 is 5.32 Å². The van der Waals surface area contributed by atoms with Gasteiger partial charge in [-0.1, -0.05) is 12.1 Å². The van der Waals surface area contributed by atoms with Crippen LogP contribution >= 0.6 is 0 Å². The van der Waals surface area contributed by atoms with Crippen molar-refractivity contribution < 1.29 is 0 Å². The molecule has 2 aromatic heterocycles. The summed E-state index contributed by atoms with van der Waals surface area (Å²) in [6.45, 7) is 0.856. The summed E-state index contributed by atoms with van der Waals surface area (Å²) in [5.41, 5.74) is 3.82. The van der Waals surface area contributed by atoms with Crippen molar-refractivity contribution in [1.29, 1.82) is 0 Å². The second-order valence-electron chi connectivity index (χ2n) is 4.38. The van der Waals surface area contributed by atoms with Gasteiger partial charge in [-0.15, -0.1) is 0 Å². The first kappa shape index (κ1) is 10.4. The van der Waals surface area contributed by atoms with Gasteiger partial charge in [-0.3, -0.25) is 9.97 Å². The molecule has 0 saturated carbocycles. The summed E-state index contributed by atoms with van der Waals surface area (Å²) in [6.07, 6.45) is 7.86. The summed E-state index contributed by atoms with van der Waals surface area (Å²) < 4.78 is 0. The van der Waals surface area contributed by atoms with Gasteiger partial charge in [0.1, 0.15) is 0 Å². The quantitative estimate of drug-likeness (QED) is 0.870. The van der Waals surface area contributed by atoms with Crippen molar-refractivity contribution in [3.8, 4) is 0 Å². The van der Waals surface area contributed by atoms with E-state index in [-0.39, 0.29) is 0 Å². The summed E-state index contributed by atoms with van der Waals surface area (Å²) in [6, 6.07) is 8.65. The SMILES string of the molecule is c1cncc(CNC2CCc3cccnc32)c1. The molecule has 1 aliphatic carbocycles. The molecule has 0 bridgehead atoms. The molecular formula is C14H15N3. The molecule has 0 spiro atoms. The first-order valence-corrected chi connectivity index (χ1v) is 5.99. The van der Waals surface area contributed by atoms with Crippen LogP contribution in [0.2, 0.25) is 0 Å². The molecular weight excluding hydrogens is 210 g/mol. The number of pyridine rings is 2. The highest BCUT2D eigenvalue weighted by Gasteiger charge is 2.22. The van der Waals surface area contributed by atoms with Crippen LogP contribution in [0.5, 0.6) is 0 Å². The maximum atomic E-state index is 4.47. The average Bonchev–Trinajstić information content (AvgIpc) is 2.81. The van der Waals surface area contributed by atoms with Crippen LogP contribution in [0.3, 0.4) is 0 Å². The van der Waals surface area contributed by atoms with Crippen molar-refractivity contribution in [2.75, 3.05) is 0 Å². The molecule has 2 heterocycles. The van der Waals surface area contributed by atoms with Crippen LogP contribution in [-0.4, -0.2) is 9.97 Å². The third kappa shape index (κ3) is 2.19. The predicted molar refractivity (Wildman–Crippen MR) is 66.4 cm³/mol. The average molecular weight is 225 g/mol. The van der Waals surface area contributed by atoms with Crippen LogP contribution in [0.1, 0.15) is 29.3 Å². The molecule has 1 N–H and O–H groups in total. The topological polar surface area (TPSA) is 37.8 Å². The Morgan fingerprint density at radius 3 is 3.06 bits per heavy atom. The molecule has 3 heteroatoms. The van der Waals surface area contributed by atoms with Crippen LogP contribution in [-0.2, 0) is 13.0 Å². The van der Waals surface area contributed by atoms with E-state index >= 15 is 0 Å². The molecule has 1 atom stereocenters. The van der Waals surface area contributed by atoms with E-state index in [0.29, 0.717) is 6.04 Å². The van der Waals surface area contributed by atoms with Crippen molar-refractivity contribution in [2.45, 2.75) is 25.4 Å². The van der Waals surface area contributed by atoms with Gasteiger partial charge in [-0.2, -0.15) is 0 Å². The molecule has 3 rings (SSSR count). The lowest BCUT2D eigenvalue weighted by Crippen LogP contribution is -2.19. The van der Waals surface area contributed by atoms with E-state index in [1.807, 2.05) is 24.5 Å². The smallest absolute Gasteiger partial charge is 0.0605 e. The van der Waals surface area contributed by atoms with Gasteiger partial charge in [0, 0.05) is 25.1 Å². The fraction of sp³-hybridized carbons (Fsp3) is 0.286. The molecule has 3 nitrogen and oxygen atoms in total. The maximum absolute atomic E-state index is 4.47. The van der Waals surface area contributed by atoms with Crippen molar-refractivity contribution >= 4 is 0 Å². The van der Waals surface area contributed by atoms with Gasteiger partial charge in [-0.25, -0.2) is 0 Å². The van der Waals surface area contributed by atoms with E-state index < -0.39 is 0 Å². The zero-order valence-electron chi connectivity index (χ0n) is 9.63. The van der Waals surface area contributed by atoms with Gasteiger partial charge in [-0.05, 0) is 36.1 Å². The monoisotopic (exact) mass is 225 g/mol. The fourth-order valence-electron chi connectivity index (χ4n) is 2.36. The molecule has 1 unspecified atom stereocenters. The Balaban J connectivity index is 1.68. The standard InChI is InChI=1S/C14H15N3/c1-3-11(9-15-7-1)10-17-13-6-5-12-4-2-8-16-14(12)13/h1-4,7-9,13,17H,5-6,10H2. The van der Waals surface area contributed by atoms with Crippen LogP contribution in [0, 0.1) is 0 Å². The summed E-state index contributed by atoms with van der Waals surface area (Å²) in [7, 11) is 0. The van der Waals surface area contributed by atoms with Gasteiger partial charge in [0.15, 0.2) is 0 Å². The summed E-state index contributed by atoms with van der Waals surface area (Å²) in [4.78, 5) is 8.59. The van der Waals surface area contributed by atoms with Crippen molar-refractivity contribution in [3.05, 3.63) is 59.7 Å². The Hall–Kier alpha value is -1.74. The van der Waals surface area contributed by atoms with Crippen molar-refractivity contribution in [3.63, 3.8) is 0 Å². The molecule has 1 aliphatic rings. The lowest BCUT2D eigenvalue weighted by Gasteiger charge is -2.12. The number of nitrogens with zero attached hydrogens (tertiary/aromatic N) is 2. The Kier molecular flexibility index (Phi) is 2.84. The molecule has 0 aliphatic heterocycles. The first-order valence-electron chi connectivity index (χ1n) is 5.99. The molecule has 0 saturated heterocycles. The van der Waals surface area contributed by atoms with Gasteiger partial charge in [0.2, 0.25) is 0 Å².